The fourth-order valence-corrected chi connectivity index (χ4v) is 2.77. The molecule has 0 spiro atoms. The van der Waals surface area contributed by atoms with Crippen LogP contribution in [0.1, 0.15) is 25.7 Å². The number of hydrogen-bond acceptors (Lipinski definition) is 6. The summed E-state index contributed by atoms with van der Waals surface area (Å²) in [5.41, 5.74) is 3.31. The molecular formula is C13H20N6O. The summed E-state index contributed by atoms with van der Waals surface area (Å²) in [6.45, 7) is 0.699. The molecule has 0 bridgehead atoms. The SMILES string of the molecule is NNc1cn2ccnc2c(NCC2CCCCC2O)n1. The van der Waals surface area contributed by atoms with Crippen molar-refractivity contribution in [3.8, 4) is 0 Å². The Balaban J connectivity index is 1.77. The molecule has 1 aliphatic carbocycles. The van der Waals surface area contributed by atoms with Crippen LogP contribution in [0, 0.1) is 5.92 Å². The number of aromatic nitrogens is 3. The molecule has 108 valence electrons. The van der Waals surface area contributed by atoms with Crippen LogP contribution in [0.4, 0.5) is 11.6 Å². The maximum atomic E-state index is 10.0. The van der Waals surface area contributed by atoms with Gasteiger partial charge in [-0.15, -0.1) is 0 Å². The van der Waals surface area contributed by atoms with Crippen molar-refractivity contribution >= 4 is 17.3 Å². The van der Waals surface area contributed by atoms with Crippen LogP contribution < -0.4 is 16.6 Å². The third-order valence-electron chi connectivity index (χ3n) is 3.92. The lowest BCUT2D eigenvalue weighted by molar-refractivity contribution is 0.0763. The van der Waals surface area contributed by atoms with E-state index in [9.17, 15) is 5.11 Å². The highest BCUT2D eigenvalue weighted by Crippen LogP contribution is 2.25. The molecule has 1 saturated carbocycles. The first-order valence-electron chi connectivity index (χ1n) is 7.00. The average Bonchev–Trinajstić information content (AvgIpc) is 2.94. The number of rotatable bonds is 4. The van der Waals surface area contributed by atoms with Gasteiger partial charge in [0.2, 0.25) is 0 Å². The first-order chi connectivity index (χ1) is 9.78. The minimum absolute atomic E-state index is 0.220. The minimum Gasteiger partial charge on any atom is -0.393 e. The first kappa shape index (κ1) is 13.1. The van der Waals surface area contributed by atoms with E-state index < -0.39 is 0 Å². The minimum atomic E-state index is -0.220. The van der Waals surface area contributed by atoms with E-state index in [1.54, 1.807) is 12.4 Å². The topological polar surface area (TPSA) is 100 Å². The molecule has 2 atom stereocenters. The Kier molecular flexibility index (Phi) is 3.70. The summed E-state index contributed by atoms with van der Waals surface area (Å²) in [6, 6.07) is 0. The van der Waals surface area contributed by atoms with Crippen molar-refractivity contribution < 1.29 is 5.11 Å². The maximum Gasteiger partial charge on any atom is 0.180 e. The van der Waals surface area contributed by atoms with Gasteiger partial charge in [-0.1, -0.05) is 12.8 Å². The standard InChI is InChI=1S/C13H20N6O/c14-18-11-8-19-6-5-15-13(19)12(17-11)16-7-9-3-1-2-4-10(9)20/h5-6,8-10,18,20H,1-4,7,14H2,(H,16,17). The molecular weight excluding hydrogens is 256 g/mol. The summed E-state index contributed by atoms with van der Waals surface area (Å²) in [7, 11) is 0. The molecule has 0 aliphatic heterocycles. The molecule has 0 saturated heterocycles. The largest absolute Gasteiger partial charge is 0.393 e. The Morgan fingerprint density at radius 3 is 3.05 bits per heavy atom. The lowest BCUT2D eigenvalue weighted by Gasteiger charge is -2.27. The van der Waals surface area contributed by atoms with Gasteiger partial charge in [0, 0.05) is 24.9 Å². The summed E-state index contributed by atoms with van der Waals surface area (Å²) >= 11 is 0. The zero-order valence-corrected chi connectivity index (χ0v) is 11.3. The monoisotopic (exact) mass is 276 g/mol. The highest BCUT2D eigenvalue weighted by Gasteiger charge is 2.23. The van der Waals surface area contributed by atoms with Gasteiger partial charge in [0.1, 0.15) is 0 Å². The summed E-state index contributed by atoms with van der Waals surface area (Å²) in [4.78, 5) is 8.67. The second-order valence-corrected chi connectivity index (χ2v) is 5.27. The van der Waals surface area contributed by atoms with E-state index >= 15 is 0 Å². The van der Waals surface area contributed by atoms with E-state index in [-0.39, 0.29) is 12.0 Å². The lowest BCUT2D eigenvalue weighted by atomic mass is 9.86. The summed E-state index contributed by atoms with van der Waals surface area (Å²) < 4.78 is 1.86. The van der Waals surface area contributed by atoms with Crippen molar-refractivity contribution in [1.29, 1.82) is 0 Å². The molecule has 3 rings (SSSR count). The molecule has 2 unspecified atom stereocenters. The predicted molar refractivity (Wildman–Crippen MR) is 77.3 cm³/mol. The molecule has 7 heteroatoms. The van der Waals surface area contributed by atoms with E-state index in [4.69, 9.17) is 5.84 Å². The van der Waals surface area contributed by atoms with Crippen molar-refractivity contribution in [2.45, 2.75) is 31.8 Å². The second kappa shape index (κ2) is 5.64. The number of hydrazine groups is 1. The van der Waals surface area contributed by atoms with Crippen molar-refractivity contribution in [1.82, 2.24) is 14.4 Å². The van der Waals surface area contributed by atoms with Gasteiger partial charge in [0.25, 0.3) is 0 Å². The van der Waals surface area contributed by atoms with Gasteiger partial charge in [-0.3, -0.25) is 0 Å². The van der Waals surface area contributed by atoms with Crippen LogP contribution in [0.15, 0.2) is 18.6 Å². The Morgan fingerprint density at radius 1 is 1.40 bits per heavy atom. The molecule has 0 radical (unpaired) electrons. The smallest absolute Gasteiger partial charge is 0.180 e. The van der Waals surface area contributed by atoms with Crippen LogP contribution in [0.5, 0.6) is 0 Å². The van der Waals surface area contributed by atoms with E-state index in [2.05, 4.69) is 20.7 Å². The zero-order valence-electron chi connectivity index (χ0n) is 11.3. The van der Waals surface area contributed by atoms with E-state index in [0.29, 0.717) is 18.2 Å². The molecule has 0 aromatic carbocycles. The zero-order chi connectivity index (χ0) is 13.9. The average molecular weight is 276 g/mol. The highest BCUT2D eigenvalue weighted by molar-refractivity contribution is 5.65. The number of anilines is 2. The van der Waals surface area contributed by atoms with Crippen molar-refractivity contribution in [2.75, 3.05) is 17.3 Å². The van der Waals surface area contributed by atoms with Crippen molar-refractivity contribution in [2.24, 2.45) is 11.8 Å². The number of aliphatic hydroxyl groups excluding tert-OH is 1. The van der Waals surface area contributed by atoms with Crippen molar-refractivity contribution in [3.05, 3.63) is 18.6 Å². The Bertz CT molecular complexity index is 583. The number of hydrogen-bond donors (Lipinski definition) is 4. The van der Waals surface area contributed by atoms with Crippen LogP contribution >= 0.6 is 0 Å². The van der Waals surface area contributed by atoms with Gasteiger partial charge in [-0.2, -0.15) is 0 Å². The van der Waals surface area contributed by atoms with Crippen molar-refractivity contribution in [3.63, 3.8) is 0 Å². The number of fused-ring (bicyclic) bond motifs is 1. The van der Waals surface area contributed by atoms with Crippen LogP contribution in [0.2, 0.25) is 0 Å². The molecule has 2 aromatic rings. The second-order valence-electron chi connectivity index (χ2n) is 5.27. The molecule has 2 aromatic heterocycles. The first-order valence-corrected chi connectivity index (χ1v) is 7.00. The Morgan fingerprint density at radius 2 is 2.25 bits per heavy atom. The lowest BCUT2D eigenvalue weighted by Crippen LogP contribution is -2.30. The van der Waals surface area contributed by atoms with Gasteiger partial charge < -0.3 is 20.2 Å². The summed E-state index contributed by atoms with van der Waals surface area (Å²) in [6.07, 6.45) is 9.37. The molecule has 7 nitrogen and oxygen atoms in total. The third-order valence-corrected chi connectivity index (χ3v) is 3.92. The number of aliphatic hydroxyl groups is 1. The number of nitrogens with two attached hydrogens (primary N) is 1. The number of imidazole rings is 1. The molecule has 0 amide bonds. The quantitative estimate of drug-likeness (QED) is 0.490. The molecule has 20 heavy (non-hydrogen) atoms. The van der Waals surface area contributed by atoms with E-state index in [1.165, 1.54) is 6.42 Å². The fourth-order valence-electron chi connectivity index (χ4n) is 2.77. The van der Waals surface area contributed by atoms with Gasteiger partial charge in [-0.25, -0.2) is 15.8 Å². The third kappa shape index (κ3) is 2.54. The Hall–Kier alpha value is -1.86. The molecule has 5 N–H and O–H groups in total. The van der Waals surface area contributed by atoms with Gasteiger partial charge >= 0.3 is 0 Å². The normalized spacial score (nSPS) is 22.9. The summed E-state index contributed by atoms with van der Waals surface area (Å²) in [5, 5.41) is 13.3. The summed E-state index contributed by atoms with van der Waals surface area (Å²) in [5.74, 6) is 6.95. The molecule has 2 heterocycles. The number of nitrogens with zero attached hydrogens (tertiary/aromatic N) is 3. The fraction of sp³-hybridized carbons (Fsp3) is 0.538. The Labute approximate surface area is 117 Å². The van der Waals surface area contributed by atoms with Gasteiger partial charge in [0.15, 0.2) is 17.3 Å². The maximum absolute atomic E-state index is 10.0. The van der Waals surface area contributed by atoms with Gasteiger partial charge in [0.05, 0.1) is 12.3 Å². The molecule has 1 fully saturated rings. The predicted octanol–water partition coefficient (Wildman–Crippen LogP) is 0.978. The van der Waals surface area contributed by atoms with Crippen LogP contribution in [0.25, 0.3) is 5.65 Å². The highest BCUT2D eigenvalue weighted by atomic mass is 16.3. The van der Waals surface area contributed by atoms with Crippen LogP contribution in [0.3, 0.4) is 0 Å². The number of nitrogen functional groups attached to an aromatic ring is 1. The van der Waals surface area contributed by atoms with Crippen LogP contribution in [-0.2, 0) is 0 Å². The molecule has 1 aliphatic rings. The van der Waals surface area contributed by atoms with E-state index in [1.807, 2.05) is 10.6 Å². The van der Waals surface area contributed by atoms with E-state index in [0.717, 1.165) is 24.9 Å². The van der Waals surface area contributed by atoms with Gasteiger partial charge in [-0.05, 0) is 12.8 Å². The number of nitrogens with one attached hydrogen (secondary N) is 2. The van der Waals surface area contributed by atoms with Crippen LogP contribution in [-0.4, -0.2) is 32.1 Å².